The lowest BCUT2D eigenvalue weighted by Crippen LogP contribution is -2.07. The lowest BCUT2D eigenvalue weighted by atomic mass is 9.87. The average molecular weight is 451 g/mol. The molecule has 0 fully saturated rings. The highest BCUT2D eigenvalue weighted by Gasteiger charge is 2.28. The molecule has 34 heavy (non-hydrogen) atoms. The van der Waals surface area contributed by atoms with Crippen molar-refractivity contribution in [3.63, 3.8) is 0 Å². The number of hydrogen-bond donors (Lipinski definition) is 0. The minimum Gasteiger partial charge on any atom is -0.500 e. The van der Waals surface area contributed by atoms with E-state index in [9.17, 15) is 0 Å². The molecule has 5 rings (SSSR count). The van der Waals surface area contributed by atoms with Gasteiger partial charge in [0.15, 0.2) is 0 Å². The first-order valence-corrected chi connectivity index (χ1v) is 11.8. The zero-order chi connectivity index (χ0) is 23.3. The lowest BCUT2D eigenvalue weighted by Gasteiger charge is -2.20. The summed E-state index contributed by atoms with van der Waals surface area (Å²) in [7, 11) is 3.46. The monoisotopic (exact) mass is 450 g/mol. The van der Waals surface area contributed by atoms with Crippen LogP contribution in [0.2, 0.25) is 0 Å². The molecule has 0 saturated heterocycles. The van der Waals surface area contributed by atoms with Crippen LogP contribution in [-0.2, 0) is 22.3 Å². The fourth-order valence-electron chi connectivity index (χ4n) is 4.93. The minimum atomic E-state index is 0.0770. The largest absolute Gasteiger partial charge is 0.500 e. The molecule has 0 aromatic heterocycles. The molecule has 3 heteroatoms. The van der Waals surface area contributed by atoms with Gasteiger partial charge in [-0.1, -0.05) is 72.8 Å². The van der Waals surface area contributed by atoms with Crippen molar-refractivity contribution in [3.05, 3.63) is 119 Å². The molecule has 0 aliphatic heterocycles. The van der Waals surface area contributed by atoms with E-state index in [-0.39, 0.29) is 5.92 Å². The van der Waals surface area contributed by atoms with Crippen molar-refractivity contribution in [1.29, 1.82) is 0 Å². The molecular weight excluding hydrogens is 420 g/mol. The van der Waals surface area contributed by atoms with Gasteiger partial charge in [0, 0.05) is 12.5 Å². The molecule has 0 heterocycles. The van der Waals surface area contributed by atoms with Crippen molar-refractivity contribution in [3.8, 4) is 5.75 Å². The van der Waals surface area contributed by atoms with Crippen LogP contribution < -0.4 is 4.74 Å². The number of benzene rings is 4. The van der Waals surface area contributed by atoms with Crippen molar-refractivity contribution in [1.82, 2.24) is 0 Å². The summed E-state index contributed by atoms with van der Waals surface area (Å²) in [5, 5.41) is 2.38. The van der Waals surface area contributed by atoms with Crippen LogP contribution in [0, 0.1) is 0 Å². The van der Waals surface area contributed by atoms with Gasteiger partial charge in [-0.2, -0.15) is 0 Å². The maximum Gasteiger partial charge on any atom is 0.127 e. The van der Waals surface area contributed by atoms with Crippen LogP contribution in [0.1, 0.15) is 33.7 Å². The Morgan fingerprint density at radius 1 is 0.735 bits per heavy atom. The molecule has 0 amide bonds. The van der Waals surface area contributed by atoms with Gasteiger partial charge < -0.3 is 14.2 Å². The van der Waals surface area contributed by atoms with E-state index in [2.05, 4.69) is 91.0 Å². The number of fused-ring (bicyclic) bond motifs is 2. The van der Waals surface area contributed by atoms with Crippen LogP contribution >= 0.6 is 0 Å². The third-order valence-corrected chi connectivity index (χ3v) is 6.59. The van der Waals surface area contributed by atoms with E-state index >= 15 is 0 Å². The van der Waals surface area contributed by atoms with Crippen LogP contribution in [0.4, 0.5) is 0 Å². The second-order valence-corrected chi connectivity index (χ2v) is 8.67. The topological polar surface area (TPSA) is 27.7 Å². The van der Waals surface area contributed by atoms with Gasteiger partial charge in [0.05, 0.1) is 19.6 Å². The van der Waals surface area contributed by atoms with Crippen molar-refractivity contribution in [2.45, 2.75) is 18.8 Å². The number of allylic oxidation sites excluding steroid dienone is 1. The standard InChI is InChI=1S/C31H30O3/c1-32-17-18-34-29-14-8-13-26-24(16-15-22-9-4-3-5-10-22)19-25(20-28(26)29)31-27-12-7-6-11-23(27)21-30(31)33-2/h3-14,19-21,31H,15-18H2,1-2H3. The Bertz CT molecular complexity index is 1310. The zero-order valence-corrected chi connectivity index (χ0v) is 19.8. The summed E-state index contributed by atoms with van der Waals surface area (Å²) in [6.45, 7) is 1.08. The van der Waals surface area contributed by atoms with E-state index in [0.29, 0.717) is 13.2 Å². The highest BCUT2D eigenvalue weighted by molar-refractivity contribution is 5.92. The van der Waals surface area contributed by atoms with Gasteiger partial charge in [0.25, 0.3) is 0 Å². The third-order valence-electron chi connectivity index (χ3n) is 6.59. The van der Waals surface area contributed by atoms with Gasteiger partial charge in [-0.25, -0.2) is 0 Å². The van der Waals surface area contributed by atoms with Crippen molar-refractivity contribution >= 4 is 16.8 Å². The molecule has 0 N–H and O–H groups in total. The Kier molecular flexibility index (Phi) is 6.64. The van der Waals surface area contributed by atoms with Crippen LogP contribution in [-0.4, -0.2) is 27.4 Å². The van der Waals surface area contributed by atoms with E-state index in [1.54, 1.807) is 14.2 Å². The summed E-state index contributed by atoms with van der Waals surface area (Å²) in [6, 6.07) is 30.2. The predicted molar refractivity (Wildman–Crippen MR) is 138 cm³/mol. The number of hydrogen-bond acceptors (Lipinski definition) is 3. The Morgan fingerprint density at radius 3 is 2.38 bits per heavy atom. The first-order valence-electron chi connectivity index (χ1n) is 11.8. The molecule has 1 atom stereocenters. The summed E-state index contributed by atoms with van der Waals surface area (Å²) in [5.41, 5.74) is 6.41. The Hall–Kier alpha value is -3.56. The second kappa shape index (κ2) is 10.1. The van der Waals surface area contributed by atoms with Crippen LogP contribution in [0.3, 0.4) is 0 Å². The Labute approximate surface area is 201 Å². The maximum absolute atomic E-state index is 6.15. The van der Waals surface area contributed by atoms with Crippen molar-refractivity contribution in [2.24, 2.45) is 0 Å². The van der Waals surface area contributed by atoms with Gasteiger partial charge in [-0.3, -0.25) is 0 Å². The molecule has 1 aliphatic rings. The summed E-state index contributed by atoms with van der Waals surface area (Å²) >= 11 is 0. The molecule has 4 aromatic carbocycles. The van der Waals surface area contributed by atoms with Crippen molar-refractivity contribution in [2.75, 3.05) is 27.4 Å². The molecule has 0 spiro atoms. The summed E-state index contributed by atoms with van der Waals surface area (Å²) < 4.78 is 17.2. The molecule has 1 aliphatic carbocycles. The highest BCUT2D eigenvalue weighted by atomic mass is 16.5. The Morgan fingerprint density at radius 2 is 1.56 bits per heavy atom. The quantitative estimate of drug-likeness (QED) is 0.263. The highest BCUT2D eigenvalue weighted by Crippen LogP contribution is 2.43. The van der Waals surface area contributed by atoms with Gasteiger partial charge in [0.1, 0.15) is 18.1 Å². The molecule has 0 saturated carbocycles. The number of rotatable bonds is 9. The van der Waals surface area contributed by atoms with E-state index < -0.39 is 0 Å². The number of ether oxygens (including phenoxy) is 3. The van der Waals surface area contributed by atoms with Crippen LogP contribution in [0.15, 0.2) is 90.7 Å². The fourth-order valence-corrected chi connectivity index (χ4v) is 4.93. The SMILES string of the molecule is COCCOc1cccc2c(CCc3ccccc3)cc(C3C(OC)=Cc4ccccc43)cc12. The zero-order valence-electron chi connectivity index (χ0n) is 19.8. The van der Waals surface area contributed by atoms with E-state index in [1.165, 1.54) is 33.2 Å². The van der Waals surface area contributed by atoms with E-state index in [4.69, 9.17) is 14.2 Å². The maximum atomic E-state index is 6.15. The van der Waals surface area contributed by atoms with E-state index in [1.807, 2.05) is 0 Å². The lowest BCUT2D eigenvalue weighted by molar-refractivity contribution is 0.147. The number of aryl methyl sites for hydroxylation is 2. The normalized spacial score (nSPS) is 14.6. The van der Waals surface area contributed by atoms with Gasteiger partial charge in [-0.15, -0.1) is 0 Å². The summed E-state index contributed by atoms with van der Waals surface area (Å²) in [5.74, 6) is 1.95. The first-order chi connectivity index (χ1) is 16.8. The smallest absolute Gasteiger partial charge is 0.127 e. The van der Waals surface area contributed by atoms with Crippen LogP contribution in [0.5, 0.6) is 5.75 Å². The third kappa shape index (κ3) is 4.44. The molecule has 0 radical (unpaired) electrons. The van der Waals surface area contributed by atoms with Crippen molar-refractivity contribution < 1.29 is 14.2 Å². The molecule has 3 nitrogen and oxygen atoms in total. The van der Waals surface area contributed by atoms with Gasteiger partial charge in [0.2, 0.25) is 0 Å². The van der Waals surface area contributed by atoms with E-state index in [0.717, 1.165) is 29.7 Å². The number of methoxy groups -OCH3 is 2. The van der Waals surface area contributed by atoms with Gasteiger partial charge in [-0.05, 0) is 64.3 Å². The summed E-state index contributed by atoms with van der Waals surface area (Å²) in [6.07, 6.45) is 4.10. The van der Waals surface area contributed by atoms with Gasteiger partial charge >= 0.3 is 0 Å². The minimum absolute atomic E-state index is 0.0770. The predicted octanol–water partition coefficient (Wildman–Crippen LogP) is 6.78. The second-order valence-electron chi connectivity index (χ2n) is 8.67. The summed E-state index contributed by atoms with van der Waals surface area (Å²) in [4.78, 5) is 0. The first kappa shape index (κ1) is 22.2. The molecule has 1 unspecified atom stereocenters. The Balaban J connectivity index is 1.61. The average Bonchev–Trinajstić information content (AvgIpc) is 3.27. The molecule has 172 valence electrons. The molecule has 0 bridgehead atoms. The molecule has 4 aromatic rings. The molecular formula is C31H30O3. The fraction of sp³-hybridized carbons (Fsp3) is 0.226. The van der Waals surface area contributed by atoms with Crippen LogP contribution in [0.25, 0.3) is 16.8 Å².